The summed E-state index contributed by atoms with van der Waals surface area (Å²) in [6.07, 6.45) is 1.58. The molecule has 0 spiro atoms. The first-order chi connectivity index (χ1) is 8.22. The summed E-state index contributed by atoms with van der Waals surface area (Å²) in [5, 5.41) is 9.31. The molecule has 0 saturated heterocycles. The minimum Gasteiger partial charge on any atom is -0.397 e. The van der Waals surface area contributed by atoms with Gasteiger partial charge in [-0.3, -0.25) is 4.98 Å². The van der Waals surface area contributed by atoms with Crippen LogP contribution >= 0.6 is 0 Å². The third kappa shape index (κ3) is 2.26. The van der Waals surface area contributed by atoms with Crippen molar-refractivity contribution in [3.05, 3.63) is 59.4 Å². The van der Waals surface area contributed by atoms with Crippen molar-refractivity contribution >= 4 is 5.69 Å². The van der Waals surface area contributed by atoms with Gasteiger partial charge in [0, 0.05) is 0 Å². The lowest BCUT2D eigenvalue weighted by Crippen LogP contribution is -2.03. The van der Waals surface area contributed by atoms with Crippen LogP contribution < -0.4 is 5.73 Å². The van der Waals surface area contributed by atoms with Crippen LogP contribution in [0.1, 0.15) is 22.7 Å². The highest BCUT2D eigenvalue weighted by atomic mass is 14.7. The van der Waals surface area contributed by atoms with Crippen LogP contribution in [0.4, 0.5) is 5.69 Å². The van der Waals surface area contributed by atoms with E-state index in [1.807, 2.05) is 31.2 Å². The quantitative estimate of drug-likeness (QED) is 0.851. The fourth-order valence-corrected chi connectivity index (χ4v) is 1.79. The van der Waals surface area contributed by atoms with Gasteiger partial charge < -0.3 is 5.73 Å². The van der Waals surface area contributed by atoms with Crippen LogP contribution in [0, 0.1) is 18.3 Å². The van der Waals surface area contributed by atoms with Gasteiger partial charge in [0.15, 0.2) is 0 Å². The van der Waals surface area contributed by atoms with Gasteiger partial charge in [0.05, 0.1) is 23.6 Å². The average molecular weight is 223 g/mol. The Morgan fingerprint density at radius 2 is 2.00 bits per heavy atom. The number of hydrogen-bond donors (Lipinski definition) is 1. The van der Waals surface area contributed by atoms with Crippen molar-refractivity contribution in [3.63, 3.8) is 0 Å². The maximum atomic E-state index is 9.31. The molecule has 1 atom stereocenters. The van der Waals surface area contributed by atoms with E-state index in [9.17, 15) is 5.26 Å². The lowest BCUT2D eigenvalue weighted by molar-refractivity contribution is 0.955. The molecule has 1 heterocycles. The number of rotatable bonds is 2. The molecule has 0 aliphatic rings. The van der Waals surface area contributed by atoms with Crippen molar-refractivity contribution in [3.8, 4) is 6.07 Å². The Labute approximate surface area is 101 Å². The molecular formula is C14H13N3. The molecule has 2 rings (SSSR count). The summed E-state index contributed by atoms with van der Waals surface area (Å²) in [4.78, 5) is 4.22. The highest BCUT2D eigenvalue weighted by Crippen LogP contribution is 2.25. The van der Waals surface area contributed by atoms with E-state index in [0.29, 0.717) is 5.69 Å². The molecule has 84 valence electrons. The lowest BCUT2D eigenvalue weighted by Gasteiger charge is -2.11. The third-order valence-corrected chi connectivity index (χ3v) is 2.73. The Kier molecular flexibility index (Phi) is 3.06. The van der Waals surface area contributed by atoms with Gasteiger partial charge in [-0.2, -0.15) is 5.26 Å². The van der Waals surface area contributed by atoms with Gasteiger partial charge in [-0.05, 0) is 30.2 Å². The summed E-state index contributed by atoms with van der Waals surface area (Å²) in [6, 6.07) is 13.7. The fraction of sp³-hybridized carbons (Fsp3) is 0.143. The predicted octanol–water partition coefficient (Wildman–Crippen LogP) is 2.63. The number of nitrogens with zero attached hydrogens (tertiary/aromatic N) is 2. The monoisotopic (exact) mass is 223 g/mol. The first kappa shape index (κ1) is 11.2. The summed E-state index contributed by atoms with van der Waals surface area (Å²) < 4.78 is 0. The predicted molar refractivity (Wildman–Crippen MR) is 67.3 cm³/mol. The van der Waals surface area contributed by atoms with Gasteiger partial charge in [-0.15, -0.1) is 0 Å². The van der Waals surface area contributed by atoms with Crippen LogP contribution in [0.15, 0.2) is 42.6 Å². The second-order valence-electron chi connectivity index (χ2n) is 3.94. The molecule has 0 saturated carbocycles. The van der Waals surface area contributed by atoms with Crippen LogP contribution in [0.3, 0.4) is 0 Å². The molecule has 0 aliphatic heterocycles. The number of nitriles is 1. The second kappa shape index (κ2) is 4.67. The minimum atomic E-state index is -0.336. The summed E-state index contributed by atoms with van der Waals surface area (Å²) in [5.74, 6) is -0.336. The van der Waals surface area contributed by atoms with Crippen molar-refractivity contribution < 1.29 is 0 Å². The summed E-state index contributed by atoms with van der Waals surface area (Å²) in [7, 11) is 0. The number of benzene rings is 1. The Morgan fingerprint density at radius 3 is 2.59 bits per heavy atom. The zero-order valence-corrected chi connectivity index (χ0v) is 9.59. The first-order valence-corrected chi connectivity index (χ1v) is 5.39. The molecule has 0 fully saturated rings. The number of hydrogen-bond acceptors (Lipinski definition) is 3. The molecule has 3 heteroatoms. The van der Waals surface area contributed by atoms with E-state index >= 15 is 0 Å². The van der Waals surface area contributed by atoms with Crippen LogP contribution in [-0.2, 0) is 0 Å². The Balaban J connectivity index is 2.45. The van der Waals surface area contributed by atoms with Gasteiger partial charge in [-0.1, -0.05) is 24.3 Å². The average Bonchev–Trinajstić information content (AvgIpc) is 2.35. The zero-order chi connectivity index (χ0) is 12.3. The molecule has 1 aromatic heterocycles. The number of pyridine rings is 1. The molecule has 0 aliphatic carbocycles. The smallest absolute Gasteiger partial charge is 0.114 e. The van der Waals surface area contributed by atoms with E-state index in [1.54, 1.807) is 18.3 Å². The zero-order valence-electron chi connectivity index (χ0n) is 9.59. The molecule has 1 aromatic carbocycles. The van der Waals surface area contributed by atoms with E-state index in [0.717, 1.165) is 16.8 Å². The van der Waals surface area contributed by atoms with Crippen LogP contribution in [0.2, 0.25) is 0 Å². The molecule has 3 nitrogen and oxygen atoms in total. The van der Waals surface area contributed by atoms with Gasteiger partial charge in [0.1, 0.15) is 5.92 Å². The summed E-state index contributed by atoms with van der Waals surface area (Å²) in [6.45, 7) is 2.00. The van der Waals surface area contributed by atoms with Crippen LogP contribution in [0.25, 0.3) is 0 Å². The highest BCUT2D eigenvalue weighted by Gasteiger charge is 2.16. The fourth-order valence-electron chi connectivity index (χ4n) is 1.79. The van der Waals surface area contributed by atoms with Gasteiger partial charge in [0.2, 0.25) is 0 Å². The van der Waals surface area contributed by atoms with E-state index in [-0.39, 0.29) is 5.92 Å². The number of aromatic nitrogens is 1. The maximum absolute atomic E-state index is 9.31. The molecule has 0 bridgehead atoms. The number of nitrogens with two attached hydrogens (primary N) is 1. The standard InChI is InChI=1S/C14H13N3/c1-10-4-2-3-5-12(10)13(8-15)14-7-6-11(16)9-17-14/h2-7,9,13H,16H2,1H3. The van der Waals surface area contributed by atoms with Crippen molar-refractivity contribution in [2.24, 2.45) is 0 Å². The number of anilines is 1. The summed E-state index contributed by atoms with van der Waals surface area (Å²) >= 11 is 0. The second-order valence-corrected chi connectivity index (χ2v) is 3.94. The first-order valence-electron chi connectivity index (χ1n) is 5.39. The van der Waals surface area contributed by atoms with E-state index in [4.69, 9.17) is 5.73 Å². The van der Waals surface area contributed by atoms with Crippen molar-refractivity contribution in [2.45, 2.75) is 12.8 Å². The normalized spacial score (nSPS) is 11.8. The molecule has 0 radical (unpaired) electrons. The molecule has 2 N–H and O–H groups in total. The lowest BCUT2D eigenvalue weighted by atomic mass is 9.93. The molecule has 1 unspecified atom stereocenters. The van der Waals surface area contributed by atoms with Gasteiger partial charge >= 0.3 is 0 Å². The van der Waals surface area contributed by atoms with Crippen molar-refractivity contribution in [1.82, 2.24) is 4.98 Å². The SMILES string of the molecule is Cc1ccccc1C(C#N)c1ccc(N)cn1. The highest BCUT2D eigenvalue weighted by molar-refractivity contribution is 5.42. The van der Waals surface area contributed by atoms with Crippen molar-refractivity contribution in [2.75, 3.05) is 5.73 Å². The Morgan fingerprint density at radius 1 is 1.24 bits per heavy atom. The summed E-state index contributed by atoms with van der Waals surface area (Å²) in [5.41, 5.74) is 9.02. The van der Waals surface area contributed by atoms with E-state index in [1.165, 1.54) is 0 Å². The van der Waals surface area contributed by atoms with E-state index in [2.05, 4.69) is 11.1 Å². The minimum absolute atomic E-state index is 0.336. The topological polar surface area (TPSA) is 62.7 Å². The molecule has 2 aromatic rings. The molecule has 17 heavy (non-hydrogen) atoms. The number of nitrogen functional groups attached to an aromatic ring is 1. The third-order valence-electron chi connectivity index (χ3n) is 2.73. The Bertz CT molecular complexity index is 552. The Hall–Kier alpha value is -2.34. The largest absolute Gasteiger partial charge is 0.397 e. The molecule has 0 amide bonds. The molecular weight excluding hydrogens is 210 g/mol. The van der Waals surface area contributed by atoms with Crippen LogP contribution in [0.5, 0.6) is 0 Å². The number of aryl methyl sites for hydroxylation is 1. The van der Waals surface area contributed by atoms with Crippen LogP contribution in [-0.4, -0.2) is 4.98 Å². The van der Waals surface area contributed by atoms with E-state index < -0.39 is 0 Å². The van der Waals surface area contributed by atoms with Gasteiger partial charge in [-0.25, -0.2) is 0 Å². The maximum Gasteiger partial charge on any atom is 0.114 e. The van der Waals surface area contributed by atoms with Crippen molar-refractivity contribution in [1.29, 1.82) is 5.26 Å². The van der Waals surface area contributed by atoms with Gasteiger partial charge in [0.25, 0.3) is 0 Å².